The van der Waals surface area contributed by atoms with Crippen molar-refractivity contribution in [2.45, 2.75) is 39.3 Å². The van der Waals surface area contributed by atoms with Crippen LogP contribution in [0.5, 0.6) is 0 Å². The second kappa shape index (κ2) is 8.47. The molecule has 1 heterocycles. The van der Waals surface area contributed by atoms with Crippen LogP contribution in [0.4, 0.5) is 5.69 Å². The van der Waals surface area contributed by atoms with Gasteiger partial charge in [-0.15, -0.1) is 0 Å². The third-order valence-electron chi connectivity index (χ3n) is 4.93. The van der Waals surface area contributed by atoms with Crippen molar-refractivity contribution in [3.8, 4) is 0 Å². The molecule has 0 bridgehead atoms. The fourth-order valence-electron chi connectivity index (χ4n) is 3.67. The Morgan fingerprint density at radius 3 is 2.62 bits per heavy atom. The van der Waals surface area contributed by atoms with Gasteiger partial charge in [0.05, 0.1) is 0 Å². The lowest BCUT2D eigenvalue weighted by atomic mass is 9.92. The summed E-state index contributed by atoms with van der Waals surface area (Å²) in [5, 5.41) is 6.51. The Hall–Kier alpha value is -2.17. The zero-order chi connectivity index (χ0) is 18.5. The highest BCUT2D eigenvalue weighted by atomic mass is 16.1. The molecule has 4 nitrogen and oxygen atoms in total. The fourth-order valence-corrected chi connectivity index (χ4v) is 3.67. The first-order valence-corrected chi connectivity index (χ1v) is 9.44. The van der Waals surface area contributed by atoms with Crippen LogP contribution in [0.15, 0.2) is 48.5 Å². The van der Waals surface area contributed by atoms with Gasteiger partial charge in [0.2, 0.25) is 5.91 Å². The van der Waals surface area contributed by atoms with E-state index in [4.69, 9.17) is 0 Å². The molecule has 3 rings (SSSR count). The maximum absolute atomic E-state index is 11.1. The molecule has 0 radical (unpaired) electrons. The van der Waals surface area contributed by atoms with Crippen molar-refractivity contribution in [2.75, 3.05) is 25.0 Å². The van der Waals surface area contributed by atoms with Gasteiger partial charge in [0.25, 0.3) is 0 Å². The Morgan fingerprint density at radius 1 is 1.19 bits per heavy atom. The minimum Gasteiger partial charge on any atom is -0.326 e. The van der Waals surface area contributed by atoms with E-state index in [1.807, 2.05) is 12.1 Å². The quantitative estimate of drug-likeness (QED) is 0.858. The van der Waals surface area contributed by atoms with E-state index >= 15 is 0 Å². The molecule has 0 saturated carbocycles. The van der Waals surface area contributed by atoms with E-state index in [2.05, 4.69) is 65.8 Å². The molecule has 1 aliphatic rings. The summed E-state index contributed by atoms with van der Waals surface area (Å²) in [5.74, 6) is 0.496. The number of nitrogens with zero attached hydrogens (tertiary/aromatic N) is 1. The molecule has 4 heteroatoms. The van der Waals surface area contributed by atoms with Gasteiger partial charge in [0, 0.05) is 44.8 Å². The average Bonchev–Trinajstić information content (AvgIpc) is 2.63. The lowest BCUT2D eigenvalue weighted by molar-refractivity contribution is -0.114. The standard InChI is InChI=1S/C22H29N3O/c1-16(2)20-6-4-5-7-21(20)22-15-25(13-12-23-22)14-18-8-10-19(11-9-18)24-17(3)26/h4-11,16,22-23H,12-15H2,1-3H3,(H,24,26)/t22-/m0/s1. The number of piperazine rings is 1. The molecule has 1 atom stereocenters. The van der Waals surface area contributed by atoms with Crippen LogP contribution in [0, 0.1) is 0 Å². The highest BCUT2D eigenvalue weighted by molar-refractivity contribution is 5.88. The predicted octanol–water partition coefficient (Wildman–Crippen LogP) is 3.91. The van der Waals surface area contributed by atoms with Gasteiger partial charge in [-0.25, -0.2) is 0 Å². The van der Waals surface area contributed by atoms with E-state index in [9.17, 15) is 4.79 Å². The van der Waals surface area contributed by atoms with E-state index < -0.39 is 0 Å². The molecule has 0 aromatic heterocycles. The van der Waals surface area contributed by atoms with Crippen LogP contribution in [-0.4, -0.2) is 30.4 Å². The summed E-state index contributed by atoms with van der Waals surface area (Å²) >= 11 is 0. The monoisotopic (exact) mass is 351 g/mol. The highest BCUT2D eigenvalue weighted by Gasteiger charge is 2.23. The molecule has 2 aromatic carbocycles. The van der Waals surface area contributed by atoms with E-state index in [0.29, 0.717) is 12.0 Å². The van der Waals surface area contributed by atoms with Gasteiger partial charge in [0.15, 0.2) is 0 Å². The number of carbonyl (C=O) groups excluding carboxylic acids is 1. The molecule has 1 aliphatic heterocycles. The van der Waals surface area contributed by atoms with E-state index in [1.165, 1.54) is 23.6 Å². The molecule has 0 spiro atoms. The van der Waals surface area contributed by atoms with Crippen molar-refractivity contribution in [3.05, 3.63) is 65.2 Å². The van der Waals surface area contributed by atoms with Crippen LogP contribution >= 0.6 is 0 Å². The second-order valence-electron chi connectivity index (χ2n) is 7.40. The third kappa shape index (κ3) is 4.71. The molecule has 26 heavy (non-hydrogen) atoms. The Bertz CT molecular complexity index is 739. The van der Waals surface area contributed by atoms with Gasteiger partial charge in [-0.05, 0) is 34.7 Å². The number of nitrogens with one attached hydrogen (secondary N) is 2. The second-order valence-corrected chi connectivity index (χ2v) is 7.40. The number of benzene rings is 2. The summed E-state index contributed by atoms with van der Waals surface area (Å²) in [6, 6.07) is 17.3. The molecule has 1 saturated heterocycles. The van der Waals surface area contributed by atoms with Crippen LogP contribution in [-0.2, 0) is 11.3 Å². The van der Waals surface area contributed by atoms with Gasteiger partial charge in [-0.3, -0.25) is 9.69 Å². The number of anilines is 1. The maximum atomic E-state index is 11.1. The first-order valence-electron chi connectivity index (χ1n) is 9.44. The van der Waals surface area contributed by atoms with Crippen molar-refractivity contribution < 1.29 is 4.79 Å². The zero-order valence-corrected chi connectivity index (χ0v) is 16.0. The summed E-state index contributed by atoms with van der Waals surface area (Å²) in [6.07, 6.45) is 0. The average molecular weight is 351 g/mol. The molecule has 0 aliphatic carbocycles. The lowest BCUT2D eigenvalue weighted by Crippen LogP contribution is -2.45. The number of rotatable bonds is 5. The van der Waals surface area contributed by atoms with Crippen LogP contribution in [0.2, 0.25) is 0 Å². The predicted molar refractivity (Wildman–Crippen MR) is 107 cm³/mol. The maximum Gasteiger partial charge on any atom is 0.221 e. The van der Waals surface area contributed by atoms with E-state index in [0.717, 1.165) is 31.9 Å². The van der Waals surface area contributed by atoms with Gasteiger partial charge in [0.1, 0.15) is 0 Å². The molecule has 2 aromatic rings. The highest BCUT2D eigenvalue weighted by Crippen LogP contribution is 2.27. The largest absolute Gasteiger partial charge is 0.326 e. The van der Waals surface area contributed by atoms with Crippen molar-refractivity contribution in [1.29, 1.82) is 0 Å². The molecule has 138 valence electrons. The van der Waals surface area contributed by atoms with E-state index in [1.54, 1.807) is 0 Å². The summed E-state index contributed by atoms with van der Waals surface area (Å²) in [4.78, 5) is 13.6. The number of hydrogen-bond acceptors (Lipinski definition) is 3. The SMILES string of the molecule is CC(=O)Nc1ccc(CN2CCN[C@H](c3ccccc3C(C)C)C2)cc1. The smallest absolute Gasteiger partial charge is 0.221 e. The molecule has 1 amide bonds. The third-order valence-corrected chi connectivity index (χ3v) is 4.93. The van der Waals surface area contributed by atoms with Crippen molar-refractivity contribution in [1.82, 2.24) is 10.2 Å². The van der Waals surface area contributed by atoms with Crippen LogP contribution < -0.4 is 10.6 Å². The van der Waals surface area contributed by atoms with Crippen LogP contribution in [0.1, 0.15) is 49.4 Å². The number of amides is 1. The number of hydrogen-bond donors (Lipinski definition) is 2. The first-order chi connectivity index (χ1) is 12.5. The molecule has 0 unspecified atom stereocenters. The van der Waals surface area contributed by atoms with Gasteiger partial charge < -0.3 is 10.6 Å². The van der Waals surface area contributed by atoms with Gasteiger partial charge in [-0.2, -0.15) is 0 Å². The summed E-state index contributed by atoms with van der Waals surface area (Å²) in [7, 11) is 0. The lowest BCUT2D eigenvalue weighted by Gasteiger charge is -2.35. The topological polar surface area (TPSA) is 44.4 Å². The Morgan fingerprint density at radius 2 is 1.92 bits per heavy atom. The Balaban J connectivity index is 1.66. The Kier molecular flexibility index (Phi) is 6.07. The van der Waals surface area contributed by atoms with Crippen molar-refractivity contribution in [3.63, 3.8) is 0 Å². The minimum atomic E-state index is -0.0356. The van der Waals surface area contributed by atoms with Crippen molar-refractivity contribution >= 4 is 11.6 Å². The normalized spacial score (nSPS) is 18.1. The van der Waals surface area contributed by atoms with E-state index in [-0.39, 0.29) is 5.91 Å². The number of carbonyl (C=O) groups is 1. The Labute approximate surface area is 156 Å². The van der Waals surface area contributed by atoms with Gasteiger partial charge >= 0.3 is 0 Å². The zero-order valence-electron chi connectivity index (χ0n) is 16.0. The molecular formula is C22H29N3O. The van der Waals surface area contributed by atoms with Gasteiger partial charge in [-0.1, -0.05) is 50.2 Å². The molecular weight excluding hydrogens is 322 g/mol. The summed E-state index contributed by atoms with van der Waals surface area (Å²) in [5.41, 5.74) is 4.99. The van der Waals surface area contributed by atoms with Crippen LogP contribution in [0.25, 0.3) is 0 Å². The van der Waals surface area contributed by atoms with Crippen molar-refractivity contribution in [2.24, 2.45) is 0 Å². The first kappa shape index (κ1) is 18.6. The fraction of sp³-hybridized carbons (Fsp3) is 0.409. The molecule has 1 fully saturated rings. The summed E-state index contributed by atoms with van der Waals surface area (Å²) in [6.45, 7) is 10.0. The van der Waals surface area contributed by atoms with Crippen LogP contribution in [0.3, 0.4) is 0 Å². The molecule has 2 N–H and O–H groups in total. The summed E-state index contributed by atoms with van der Waals surface area (Å²) < 4.78 is 0. The minimum absolute atomic E-state index is 0.0356.